The number of rotatable bonds is 2. The van der Waals surface area contributed by atoms with Gasteiger partial charge in [0.25, 0.3) is 0 Å². The van der Waals surface area contributed by atoms with E-state index < -0.39 is 0 Å². The maximum Gasteiger partial charge on any atom is 0.333 e. The van der Waals surface area contributed by atoms with E-state index in [1.54, 1.807) is 6.92 Å². The summed E-state index contributed by atoms with van der Waals surface area (Å²) in [5, 5.41) is 0. The molecule has 0 aliphatic carbocycles. The third-order valence-corrected chi connectivity index (χ3v) is 3.84. The van der Waals surface area contributed by atoms with Gasteiger partial charge < -0.3 is 14.2 Å². The lowest BCUT2D eigenvalue weighted by molar-refractivity contribution is -0.147. The van der Waals surface area contributed by atoms with Crippen molar-refractivity contribution in [3.63, 3.8) is 0 Å². The van der Waals surface area contributed by atoms with Crippen LogP contribution in [0.4, 0.5) is 0 Å². The van der Waals surface area contributed by atoms with Gasteiger partial charge in [-0.3, -0.25) is 0 Å². The zero-order valence-electron chi connectivity index (χ0n) is 9.35. The lowest BCUT2D eigenvalue weighted by Gasteiger charge is -2.26. The van der Waals surface area contributed by atoms with Gasteiger partial charge in [-0.15, -0.1) is 0 Å². The molecular weight excluding hydrogens is 208 g/mol. The normalized spacial score (nSPS) is 44.4. The van der Waals surface area contributed by atoms with Crippen LogP contribution in [0.15, 0.2) is 12.2 Å². The van der Waals surface area contributed by atoms with Crippen LogP contribution in [0.3, 0.4) is 0 Å². The second-order valence-electron chi connectivity index (χ2n) is 4.96. The number of carbonyl (C=O) groups is 1. The summed E-state index contributed by atoms with van der Waals surface area (Å²) >= 11 is 0. The summed E-state index contributed by atoms with van der Waals surface area (Å²) in [6, 6.07) is 0. The first-order valence-corrected chi connectivity index (χ1v) is 5.76. The monoisotopic (exact) mass is 224 g/mol. The second kappa shape index (κ2) is 3.57. The Morgan fingerprint density at radius 2 is 2.12 bits per heavy atom. The summed E-state index contributed by atoms with van der Waals surface area (Å²) in [5.41, 5.74) is 0.446. The highest BCUT2D eigenvalue weighted by molar-refractivity contribution is 5.87. The van der Waals surface area contributed by atoms with E-state index in [0.29, 0.717) is 17.4 Å². The summed E-state index contributed by atoms with van der Waals surface area (Å²) in [4.78, 5) is 11.5. The van der Waals surface area contributed by atoms with Crippen LogP contribution in [-0.2, 0) is 19.0 Å². The smallest absolute Gasteiger partial charge is 0.333 e. The third kappa shape index (κ3) is 1.40. The van der Waals surface area contributed by atoms with E-state index in [-0.39, 0.29) is 24.3 Å². The molecular formula is C12H16O4. The average molecular weight is 224 g/mol. The van der Waals surface area contributed by atoms with Crippen molar-refractivity contribution in [2.24, 2.45) is 11.8 Å². The predicted octanol–water partition coefficient (Wildman–Crippen LogP) is 0.908. The molecule has 16 heavy (non-hydrogen) atoms. The van der Waals surface area contributed by atoms with E-state index in [1.807, 2.05) is 0 Å². The first kappa shape index (κ1) is 10.3. The number of hydrogen-bond donors (Lipinski definition) is 0. The van der Waals surface area contributed by atoms with Crippen LogP contribution in [0.25, 0.3) is 0 Å². The summed E-state index contributed by atoms with van der Waals surface area (Å²) in [5.74, 6) is 0.628. The van der Waals surface area contributed by atoms with Crippen LogP contribution < -0.4 is 0 Å². The van der Waals surface area contributed by atoms with Gasteiger partial charge in [0.1, 0.15) is 12.2 Å². The van der Waals surface area contributed by atoms with E-state index in [0.717, 1.165) is 19.6 Å². The van der Waals surface area contributed by atoms with Crippen LogP contribution in [0, 0.1) is 11.8 Å². The lowest BCUT2D eigenvalue weighted by atomic mass is 9.80. The number of carbonyl (C=O) groups excluding carboxylic acids is 1. The first-order chi connectivity index (χ1) is 7.66. The molecule has 0 aromatic rings. The first-order valence-electron chi connectivity index (χ1n) is 5.76. The summed E-state index contributed by atoms with van der Waals surface area (Å²) < 4.78 is 16.7. The fourth-order valence-electron chi connectivity index (χ4n) is 3.02. The average Bonchev–Trinajstić information content (AvgIpc) is 2.87. The van der Waals surface area contributed by atoms with E-state index >= 15 is 0 Å². The molecule has 5 unspecified atom stereocenters. The van der Waals surface area contributed by atoms with E-state index in [1.165, 1.54) is 0 Å². The Morgan fingerprint density at radius 1 is 1.38 bits per heavy atom. The molecule has 0 spiro atoms. The van der Waals surface area contributed by atoms with Gasteiger partial charge in [0, 0.05) is 23.8 Å². The van der Waals surface area contributed by atoms with Crippen LogP contribution in [0.5, 0.6) is 0 Å². The largest absolute Gasteiger partial charge is 0.456 e. The van der Waals surface area contributed by atoms with Crippen molar-refractivity contribution in [2.75, 3.05) is 13.2 Å². The van der Waals surface area contributed by atoms with Crippen LogP contribution >= 0.6 is 0 Å². The van der Waals surface area contributed by atoms with Crippen molar-refractivity contribution in [3.8, 4) is 0 Å². The van der Waals surface area contributed by atoms with Crippen molar-refractivity contribution < 1.29 is 19.0 Å². The van der Waals surface area contributed by atoms with Crippen molar-refractivity contribution in [1.82, 2.24) is 0 Å². The second-order valence-corrected chi connectivity index (χ2v) is 4.96. The third-order valence-electron chi connectivity index (χ3n) is 3.84. The lowest BCUT2D eigenvalue weighted by Crippen LogP contribution is -2.38. The molecule has 0 aromatic carbocycles. The number of ether oxygens (including phenoxy) is 3. The molecule has 0 radical (unpaired) electrons. The minimum atomic E-state index is -0.309. The topological polar surface area (TPSA) is 44.8 Å². The molecule has 3 fully saturated rings. The molecule has 2 bridgehead atoms. The molecule has 3 aliphatic heterocycles. The van der Waals surface area contributed by atoms with Gasteiger partial charge in [0.2, 0.25) is 0 Å². The molecule has 0 amide bonds. The fraction of sp³-hybridized carbons (Fsp3) is 0.750. The highest BCUT2D eigenvalue weighted by Crippen LogP contribution is 2.47. The summed E-state index contributed by atoms with van der Waals surface area (Å²) in [6.45, 7) is 6.79. The molecule has 4 heteroatoms. The van der Waals surface area contributed by atoms with Gasteiger partial charge in [-0.1, -0.05) is 6.58 Å². The Bertz CT molecular complexity index is 338. The molecule has 0 aromatic heterocycles. The van der Waals surface area contributed by atoms with Crippen LogP contribution in [0.2, 0.25) is 0 Å². The standard InChI is InChI=1S/C12H16O4/c1-6(2)12(13)16-10-3-9-7-4-14-5-8(7)11(10)15-9/h7-11H,1,3-5H2,2H3. The number of esters is 1. The molecule has 3 heterocycles. The van der Waals surface area contributed by atoms with Crippen molar-refractivity contribution in [1.29, 1.82) is 0 Å². The van der Waals surface area contributed by atoms with Gasteiger partial charge in [0.05, 0.1) is 19.3 Å². The Kier molecular flexibility index (Phi) is 2.30. The summed E-state index contributed by atoms with van der Waals surface area (Å²) in [7, 11) is 0. The Morgan fingerprint density at radius 3 is 2.88 bits per heavy atom. The van der Waals surface area contributed by atoms with Crippen LogP contribution in [-0.4, -0.2) is 37.5 Å². The Hall–Kier alpha value is -0.870. The highest BCUT2D eigenvalue weighted by Gasteiger charge is 2.57. The predicted molar refractivity (Wildman–Crippen MR) is 55.8 cm³/mol. The molecule has 0 saturated carbocycles. The minimum absolute atomic E-state index is 0.0424. The van der Waals surface area contributed by atoms with Gasteiger partial charge in [-0.2, -0.15) is 0 Å². The quantitative estimate of drug-likeness (QED) is 0.516. The van der Waals surface area contributed by atoms with Gasteiger partial charge in [-0.25, -0.2) is 4.79 Å². The van der Waals surface area contributed by atoms with E-state index in [2.05, 4.69) is 6.58 Å². The van der Waals surface area contributed by atoms with Crippen LogP contribution in [0.1, 0.15) is 13.3 Å². The molecule has 4 nitrogen and oxygen atoms in total. The molecule has 0 N–H and O–H groups in total. The molecule has 5 atom stereocenters. The van der Waals surface area contributed by atoms with E-state index in [4.69, 9.17) is 14.2 Å². The van der Waals surface area contributed by atoms with Gasteiger partial charge in [0.15, 0.2) is 0 Å². The molecule has 88 valence electrons. The number of fused-ring (bicyclic) bond motifs is 5. The molecule has 3 aliphatic rings. The maximum atomic E-state index is 11.5. The van der Waals surface area contributed by atoms with Crippen molar-refractivity contribution in [2.45, 2.75) is 31.7 Å². The zero-order valence-corrected chi connectivity index (χ0v) is 9.35. The van der Waals surface area contributed by atoms with E-state index in [9.17, 15) is 4.79 Å². The van der Waals surface area contributed by atoms with Gasteiger partial charge in [-0.05, 0) is 6.92 Å². The molecule has 3 rings (SSSR count). The van der Waals surface area contributed by atoms with Crippen molar-refractivity contribution >= 4 is 5.97 Å². The fourth-order valence-corrected chi connectivity index (χ4v) is 3.02. The minimum Gasteiger partial charge on any atom is -0.456 e. The maximum absolute atomic E-state index is 11.5. The molecule has 3 saturated heterocycles. The van der Waals surface area contributed by atoms with Gasteiger partial charge >= 0.3 is 5.97 Å². The highest BCUT2D eigenvalue weighted by atomic mass is 16.6. The summed E-state index contributed by atoms with van der Waals surface area (Å²) in [6.07, 6.45) is 0.979. The Labute approximate surface area is 94.5 Å². The van der Waals surface area contributed by atoms with Crippen molar-refractivity contribution in [3.05, 3.63) is 12.2 Å². The SMILES string of the molecule is C=C(C)C(=O)OC1CC2OC1C1COCC21. The zero-order chi connectivity index (χ0) is 11.3. The Balaban J connectivity index is 1.68. The number of hydrogen-bond acceptors (Lipinski definition) is 4.